The summed E-state index contributed by atoms with van der Waals surface area (Å²) in [6.07, 6.45) is 0.659. The van der Waals surface area contributed by atoms with Crippen molar-refractivity contribution in [2.24, 2.45) is 0 Å². The molecule has 0 saturated carbocycles. The minimum Gasteiger partial charge on any atom is -0.480 e. The Morgan fingerprint density at radius 1 is 1.53 bits per heavy atom. The summed E-state index contributed by atoms with van der Waals surface area (Å²) in [6.45, 7) is 1.88. The summed E-state index contributed by atoms with van der Waals surface area (Å²) in [4.78, 5) is 23.6. The molecular weight excluding hydrogens is 242 g/mol. The Hall–Kier alpha value is -0.910. The fourth-order valence-electron chi connectivity index (χ4n) is 1.03. The number of carboxylic acid groups (broad SMARTS) is 1. The number of rotatable bonds is 5. The summed E-state index contributed by atoms with van der Waals surface area (Å²) in [5, 5.41) is 9.17. The first-order valence-corrected chi connectivity index (χ1v) is 6.53. The summed E-state index contributed by atoms with van der Waals surface area (Å²) >= 11 is 1.37. The van der Waals surface area contributed by atoms with Gasteiger partial charge in [-0.15, -0.1) is 0 Å². The second kappa shape index (κ2) is 6.74. The second-order valence-corrected chi connectivity index (χ2v) is 5.47. The van der Waals surface area contributed by atoms with E-state index in [0.717, 1.165) is 0 Å². The molecule has 0 heterocycles. The molecule has 5 nitrogen and oxygen atoms in total. The molecule has 0 aromatic heterocycles. The van der Waals surface area contributed by atoms with Gasteiger partial charge in [-0.25, -0.2) is 9.59 Å². The molecule has 0 aromatic rings. The predicted molar refractivity (Wildman–Crippen MR) is 68.4 cm³/mol. The molecule has 100 valence electrons. The number of carbonyl (C=O) groups is 2. The summed E-state index contributed by atoms with van der Waals surface area (Å²) in [5.74, 6) is -0.937. The number of hydrogen-bond acceptors (Lipinski definition) is 4. The quantitative estimate of drug-likeness (QED) is 0.825. The zero-order chi connectivity index (χ0) is 16.1. The van der Waals surface area contributed by atoms with Gasteiger partial charge in [-0.05, 0) is 39.2 Å². The molecule has 0 fully saturated rings. The van der Waals surface area contributed by atoms with Crippen molar-refractivity contribution in [1.82, 2.24) is 4.90 Å². The molecule has 1 N–H and O–H groups in total. The minimum atomic E-state index is -2.87. The number of hydrogen-bond donors (Lipinski definition) is 1. The standard InChI is InChI=1S/C11H21NO4S/c1-11(2,3)16-10(15)12(4)8(9(13)14)6-7-17-5/h8H,6-7H2,1-5H3,(H,13,14)/t8-/m0/s1/i4D3. The number of carboxylic acids is 1. The van der Waals surface area contributed by atoms with E-state index in [0.29, 0.717) is 10.7 Å². The minimum absolute atomic E-state index is 0.0358. The molecule has 0 aliphatic rings. The number of carbonyl (C=O) groups excluding carboxylic acids is 1. The molecule has 1 amide bonds. The van der Waals surface area contributed by atoms with Crippen LogP contribution < -0.4 is 0 Å². The smallest absolute Gasteiger partial charge is 0.410 e. The molecule has 0 spiro atoms. The third kappa shape index (κ3) is 6.41. The Morgan fingerprint density at radius 2 is 2.12 bits per heavy atom. The number of aliphatic carboxylic acids is 1. The topological polar surface area (TPSA) is 66.8 Å². The largest absolute Gasteiger partial charge is 0.480 e. The van der Waals surface area contributed by atoms with Crippen molar-refractivity contribution >= 4 is 23.8 Å². The lowest BCUT2D eigenvalue weighted by molar-refractivity contribution is -0.142. The van der Waals surface area contributed by atoms with E-state index >= 15 is 0 Å². The van der Waals surface area contributed by atoms with Crippen LogP contribution in [0.25, 0.3) is 0 Å². The van der Waals surface area contributed by atoms with Crippen LogP contribution in [0.5, 0.6) is 0 Å². The third-order valence-corrected chi connectivity index (χ3v) is 2.43. The Kier molecular flexibility index (Phi) is 4.44. The lowest BCUT2D eigenvalue weighted by atomic mass is 10.2. The SMILES string of the molecule is [2H]C([2H])([2H])N(C(=O)OC(C)(C)C)[C@@H](CCSC)C(=O)O. The molecule has 0 rings (SSSR count). The average molecular weight is 266 g/mol. The normalized spacial score (nSPS) is 16.4. The van der Waals surface area contributed by atoms with Crippen molar-refractivity contribution in [1.29, 1.82) is 0 Å². The highest BCUT2D eigenvalue weighted by atomic mass is 32.2. The van der Waals surface area contributed by atoms with E-state index in [1.165, 1.54) is 11.8 Å². The molecule has 6 heteroatoms. The van der Waals surface area contributed by atoms with Gasteiger partial charge in [-0.2, -0.15) is 11.8 Å². The number of ether oxygens (including phenoxy) is 1. The molecular formula is C11H21NO4S. The molecule has 0 aliphatic heterocycles. The van der Waals surface area contributed by atoms with E-state index in [1.807, 2.05) is 0 Å². The predicted octanol–water partition coefficient (Wildman–Crippen LogP) is 2.06. The van der Waals surface area contributed by atoms with Gasteiger partial charge in [0.25, 0.3) is 0 Å². The van der Waals surface area contributed by atoms with Gasteiger partial charge in [0.15, 0.2) is 0 Å². The molecule has 0 aromatic carbocycles. The van der Waals surface area contributed by atoms with Crippen molar-refractivity contribution < 1.29 is 23.5 Å². The first-order chi connectivity index (χ1) is 8.90. The molecule has 0 aliphatic carbocycles. The number of thioether (sulfide) groups is 1. The maximum Gasteiger partial charge on any atom is 0.410 e. The Balaban J connectivity index is 5.31. The van der Waals surface area contributed by atoms with Gasteiger partial charge in [0.1, 0.15) is 11.6 Å². The first-order valence-electron chi connectivity index (χ1n) is 6.64. The summed E-state index contributed by atoms with van der Waals surface area (Å²) in [5.41, 5.74) is -0.900. The maximum absolute atomic E-state index is 12.0. The van der Waals surface area contributed by atoms with Crippen LogP contribution in [0.4, 0.5) is 4.79 Å². The van der Waals surface area contributed by atoms with Crippen LogP contribution in [0.2, 0.25) is 0 Å². The number of amides is 1. The third-order valence-electron chi connectivity index (χ3n) is 1.78. The molecule has 0 radical (unpaired) electrons. The molecule has 0 unspecified atom stereocenters. The number of nitrogens with zero attached hydrogens (tertiary/aromatic N) is 1. The molecule has 0 saturated heterocycles. The van der Waals surface area contributed by atoms with E-state index in [9.17, 15) is 14.7 Å². The highest BCUT2D eigenvalue weighted by Gasteiger charge is 2.29. The Bertz CT molecular complexity index is 355. The fourth-order valence-corrected chi connectivity index (χ4v) is 1.49. The van der Waals surface area contributed by atoms with Crippen molar-refractivity contribution in [2.45, 2.75) is 38.8 Å². The monoisotopic (exact) mass is 266 g/mol. The van der Waals surface area contributed by atoms with Gasteiger partial charge in [-0.3, -0.25) is 4.90 Å². The van der Waals surface area contributed by atoms with E-state index in [1.54, 1.807) is 27.0 Å². The van der Waals surface area contributed by atoms with Crippen LogP contribution >= 0.6 is 11.8 Å². The fraction of sp³-hybridized carbons (Fsp3) is 0.818. The highest BCUT2D eigenvalue weighted by molar-refractivity contribution is 7.98. The average Bonchev–Trinajstić information content (AvgIpc) is 2.18. The van der Waals surface area contributed by atoms with E-state index < -0.39 is 30.7 Å². The van der Waals surface area contributed by atoms with Gasteiger partial charge in [0, 0.05) is 11.1 Å². The van der Waals surface area contributed by atoms with E-state index in [4.69, 9.17) is 8.85 Å². The van der Waals surface area contributed by atoms with Gasteiger partial charge < -0.3 is 9.84 Å². The molecule has 0 bridgehead atoms. The number of likely N-dealkylation sites (N-methyl/N-ethyl adjacent to an activating group) is 1. The van der Waals surface area contributed by atoms with Crippen molar-refractivity contribution in [3.8, 4) is 0 Å². The zero-order valence-electron chi connectivity index (χ0n) is 13.5. The summed E-state index contributed by atoms with van der Waals surface area (Å²) < 4.78 is 27.1. The van der Waals surface area contributed by atoms with Crippen LogP contribution in [0.3, 0.4) is 0 Å². The van der Waals surface area contributed by atoms with Gasteiger partial charge >= 0.3 is 12.1 Å². The first kappa shape index (κ1) is 11.2. The van der Waals surface area contributed by atoms with Crippen molar-refractivity contribution in [3.05, 3.63) is 0 Å². The maximum atomic E-state index is 12.0. The lowest BCUT2D eigenvalue weighted by Crippen LogP contribution is -2.45. The van der Waals surface area contributed by atoms with Crippen LogP contribution in [-0.4, -0.2) is 52.7 Å². The zero-order valence-corrected chi connectivity index (χ0v) is 11.3. The van der Waals surface area contributed by atoms with E-state index in [-0.39, 0.29) is 6.42 Å². The summed E-state index contributed by atoms with van der Waals surface area (Å²) in [7, 11) is 0. The van der Waals surface area contributed by atoms with Gasteiger partial charge in [0.2, 0.25) is 0 Å². The molecule has 17 heavy (non-hydrogen) atoms. The van der Waals surface area contributed by atoms with Gasteiger partial charge in [0.05, 0.1) is 0 Å². The van der Waals surface area contributed by atoms with Crippen LogP contribution in [0, 0.1) is 0 Å². The van der Waals surface area contributed by atoms with Crippen LogP contribution in [-0.2, 0) is 9.53 Å². The van der Waals surface area contributed by atoms with Crippen molar-refractivity contribution in [3.63, 3.8) is 0 Å². The van der Waals surface area contributed by atoms with Crippen molar-refractivity contribution in [2.75, 3.05) is 19.0 Å². The Labute approximate surface area is 111 Å². The molecule has 1 atom stereocenters. The van der Waals surface area contributed by atoms with Gasteiger partial charge in [-0.1, -0.05) is 0 Å². The Morgan fingerprint density at radius 3 is 2.47 bits per heavy atom. The van der Waals surface area contributed by atoms with Crippen LogP contribution in [0.1, 0.15) is 31.3 Å². The lowest BCUT2D eigenvalue weighted by Gasteiger charge is -2.28. The second-order valence-electron chi connectivity index (χ2n) is 4.49. The van der Waals surface area contributed by atoms with Crippen LogP contribution in [0.15, 0.2) is 0 Å². The highest BCUT2D eigenvalue weighted by Crippen LogP contribution is 2.13. The summed E-state index contributed by atoms with van der Waals surface area (Å²) in [6, 6.07) is -1.44. The van der Waals surface area contributed by atoms with E-state index in [2.05, 4.69) is 0 Å².